The van der Waals surface area contributed by atoms with Crippen molar-refractivity contribution >= 4 is 11.6 Å². The minimum absolute atomic E-state index is 0.149. The first kappa shape index (κ1) is 13.8. The number of hydrogen-bond acceptors (Lipinski definition) is 2. The van der Waals surface area contributed by atoms with E-state index in [1.165, 1.54) is 0 Å². The summed E-state index contributed by atoms with van der Waals surface area (Å²) in [7, 11) is 0. The molecule has 0 saturated carbocycles. The first-order valence-electron chi connectivity index (χ1n) is 6.42. The van der Waals surface area contributed by atoms with Gasteiger partial charge in [0.2, 0.25) is 0 Å². The van der Waals surface area contributed by atoms with Gasteiger partial charge in [0.15, 0.2) is 0 Å². The molecule has 0 unspecified atom stereocenters. The molecular formula is C14H19ClFNO. The number of halogens is 2. The average molecular weight is 272 g/mol. The van der Waals surface area contributed by atoms with Gasteiger partial charge in [-0.25, -0.2) is 4.39 Å². The second-order valence-corrected chi connectivity index (χ2v) is 5.12. The number of ether oxygens (including phenoxy) is 1. The van der Waals surface area contributed by atoms with Crippen molar-refractivity contribution in [2.75, 3.05) is 32.8 Å². The first-order valence-corrected chi connectivity index (χ1v) is 6.80. The lowest BCUT2D eigenvalue weighted by molar-refractivity contribution is 0.0374. The van der Waals surface area contributed by atoms with Crippen molar-refractivity contribution in [1.82, 2.24) is 4.90 Å². The van der Waals surface area contributed by atoms with Crippen LogP contribution in [0, 0.1) is 12.7 Å². The Hall–Kier alpha value is -0.640. The van der Waals surface area contributed by atoms with Crippen LogP contribution in [0.15, 0.2) is 12.1 Å². The molecule has 0 aromatic heterocycles. The predicted octanol–water partition coefficient (Wildman–Crippen LogP) is 3.05. The molecule has 2 rings (SSSR count). The van der Waals surface area contributed by atoms with Crippen molar-refractivity contribution in [2.24, 2.45) is 0 Å². The third-order valence-electron chi connectivity index (χ3n) is 3.38. The predicted molar refractivity (Wildman–Crippen MR) is 71.7 cm³/mol. The summed E-state index contributed by atoms with van der Waals surface area (Å²) in [5.41, 5.74) is 1.32. The molecule has 0 aliphatic carbocycles. The SMILES string of the molecule is Cc1ccc(Cl)c(CCCN2CCOCC2)c1F. The van der Waals surface area contributed by atoms with Crippen molar-refractivity contribution in [1.29, 1.82) is 0 Å². The van der Waals surface area contributed by atoms with Crippen LogP contribution >= 0.6 is 11.6 Å². The Kier molecular flexibility index (Phi) is 4.98. The second-order valence-electron chi connectivity index (χ2n) is 4.71. The lowest BCUT2D eigenvalue weighted by atomic mass is 10.1. The number of rotatable bonds is 4. The van der Waals surface area contributed by atoms with Gasteiger partial charge in [0.1, 0.15) is 5.82 Å². The molecule has 0 atom stereocenters. The molecule has 0 radical (unpaired) electrons. The van der Waals surface area contributed by atoms with Crippen molar-refractivity contribution in [2.45, 2.75) is 19.8 Å². The third kappa shape index (κ3) is 3.44. The fourth-order valence-corrected chi connectivity index (χ4v) is 2.49. The van der Waals surface area contributed by atoms with Crippen LogP contribution in [0.3, 0.4) is 0 Å². The monoisotopic (exact) mass is 271 g/mol. The van der Waals surface area contributed by atoms with E-state index in [2.05, 4.69) is 4.90 Å². The van der Waals surface area contributed by atoms with E-state index in [0.29, 0.717) is 22.6 Å². The zero-order valence-electron chi connectivity index (χ0n) is 10.7. The average Bonchev–Trinajstić information content (AvgIpc) is 2.39. The van der Waals surface area contributed by atoms with Gasteiger partial charge in [0.05, 0.1) is 13.2 Å². The van der Waals surface area contributed by atoms with Gasteiger partial charge in [0.25, 0.3) is 0 Å². The van der Waals surface area contributed by atoms with E-state index in [1.807, 2.05) is 0 Å². The quantitative estimate of drug-likeness (QED) is 0.835. The molecule has 1 aromatic carbocycles. The van der Waals surface area contributed by atoms with Gasteiger partial charge in [-0.3, -0.25) is 4.90 Å². The summed E-state index contributed by atoms with van der Waals surface area (Å²) in [5.74, 6) is -0.149. The van der Waals surface area contributed by atoms with E-state index in [0.717, 1.165) is 39.3 Å². The highest BCUT2D eigenvalue weighted by Gasteiger charge is 2.12. The van der Waals surface area contributed by atoms with Gasteiger partial charge in [-0.15, -0.1) is 0 Å². The highest BCUT2D eigenvalue weighted by molar-refractivity contribution is 6.31. The van der Waals surface area contributed by atoms with Crippen molar-refractivity contribution in [3.8, 4) is 0 Å². The van der Waals surface area contributed by atoms with Crippen LogP contribution in [0.5, 0.6) is 0 Å². The molecule has 1 aromatic rings. The lowest BCUT2D eigenvalue weighted by Gasteiger charge is -2.26. The fourth-order valence-electron chi connectivity index (χ4n) is 2.25. The Bertz CT molecular complexity index is 405. The molecule has 0 spiro atoms. The van der Waals surface area contributed by atoms with E-state index in [9.17, 15) is 4.39 Å². The summed E-state index contributed by atoms with van der Waals surface area (Å²) in [5, 5.41) is 0.542. The van der Waals surface area contributed by atoms with Crippen LogP contribution in [0.1, 0.15) is 17.5 Å². The normalized spacial score (nSPS) is 17.1. The Morgan fingerprint density at radius 1 is 1.33 bits per heavy atom. The molecule has 0 amide bonds. The van der Waals surface area contributed by atoms with Crippen LogP contribution in [0.2, 0.25) is 5.02 Å². The number of hydrogen-bond donors (Lipinski definition) is 0. The topological polar surface area (TPSA) is 12.5 Å². The number of nitrogens with zero attached hydrogens (tertiary/aromatic N) is 1. The molecule has 0 N–H and O–H groups in total. The van der Waals surface area contributed by atoms with E-state index >= 15 is 0 Å². The summed E-state index contributed by atoms with van der Waals surface area (Å²) in [6.45, 7) is 6.32. The van der Waals surface area contributed by atoms with E-state index in [4.69, 9.17) is 16.3 Å². The van der Waals surface area contributed by atoms with Gasteiger partial charge >= 0.3 is 0 Å². The summed E-state index contributed by atoms with van der Waals surface area (Å²) in [4.78, 5) is 2.35. The van der Waals surface area contributed by atoms with Gasteiger partial charge < -0.3 is 4.74 Å². The van der Waals surface area contributed by atoms with E-state index in [1.54, 1.807) is 19.1 Å². The molecule has 1 fully saturated rings. The highest BCUT2D eigenvalue weighted by atomic mass is 35.5. The Labute approximate surface area is 113 Å². The molecule has 100 valence electrons. The number of morpholine rings is 1. The molecule has 1 heterocycles. The zero-order chi connectivity index (χ0) is 13.0. The van der Waals surface area contributed by atoms with Crippen LogP contribution in [0.25, 0.3) is 0 Å². The molecule has 0 bridgehead atoms. The molecule has 1 aliphatic heterocycles. The van der Waals surface area contributed by atoms with E-state index < -0.39 is 0 Å². The van der Waals surface area contributed by atoms with Crippen molar-refractivity contribution in [3.63, 3.8) is 0 Å². The highest BCUT2D eigenvalue weighted by Crippen LogP contribution is 2.23. The Morgan fingerprint density at radius 3 is 2.78 bits per heavy atom. The van der Waals surface area contributed by atoms with E-state index in [-0.39, 0.29) is 5.82 Å². The van der Waals surface area contributed by atoms with Gasteiger partial charge in [-0.2, -0.15) is 0 Å². The van der Waals surface area contributed by atoms with Crippen LogP contribution in [-0.4, -0.2) is 37.7 Å². The first-order chi connectivity index (χ1) is 8.68. The van der Waals surface area contributed by atoms with Crippen molar-refractivity contribution in [3.05, 3.63) is 34.1 Å². The van der Waals surface area contributed by atoms with Crippen molar-refractivity contribution < 1.29 is 9.13 Å². The molecule has 1 aliphatic rings. The minimum Gasteiger partial charge on any atom is -0.379 e. The summed E-state index contributed by atoms with van der Waals surface area (Å²) in [6, 6.07) is 3.51. The van der Waals surface area contributed by atoms with Gasteiger partial charge in [-0.1, -0.05) is 17.7 Å². The number of benzene rings is 1. The summed E-state index contributed by atoms with van der Waals surface area (Å²) < 4.78 is 19.2. The Balaban J connectivity index is 1.88. The fraction of sp³-hybridized carbons (Fsp3) is 0.571. The van der Waals surface area contributed by atoms with Crippen LogP contribution < -0.4 is 0 Å². The maximum Gasteiger partial charge on any atom is 0.130 e. The molecular weight excluding hydrogens is 253 g/mol. The molecule has 2 nitrogen and oxygen atoms in total. The maximum atomic E-state index is 13.9. The molecule has 4 heteroatoms. The number of aryl methyl sites for hydroxylation is 1. The maximum absolute atomic E-state index is 13.9. The largest absolute Gasteiger partial charge is 0.379 e. The summed E-state index contributed by atoms with van der Waals surface area (Å²) >= 11 is 6.05. The standard InChI is InChI=1S/C14H19ClFNO/c1-11-4-5-13(15)12(14(11)16)3-2-6-17-7-9-18-10-8-17/h4-5H,2-3,6-10H2,1H3. The van der Waals surface area contributed by atoms with Gasteiger partial charge in [-0.05, 0) is 37.9 Å². The third-order valence-corrected chi connectivity index (χ3v) is 3.74. The lowest BCUT2D eigenvalue weighted by Crippen LogP contribution is -2.37. The minimum atomic E-state index is -0.149. The smallest absolute Gasteiger partial charge is 0.130 e. The van der Waals surface area contributed by atoms with Crippen LogP contribution in [0.4, 0.5) is 4.39 Å². The summed E-state index contributed by atoms with van der Waals surface area (Å²) in [6.07, 6.45) is 1.63. The van der Waals surface area contributed by atoms with Crippen LogP contribution in [-0.2, 0) is 11.2 Å². The molecule has 18 heavy (non-hydrogen) atoms. The van der Waals surface area contributed by atoms with Gasteiger partial charge in [0, 0.05) is 23.7 Å². The second kappa shape index (κ2) is 6.50. The zero-order valence-corrected chi connectivity index (χ0v) is 11.5. The Morgan fingerprint density at radius 2 is 2.06 bits per heavy atom. The molecule has 1 saturated heterocycles.